The van der Waals surface area contributed by atoms with Crippen LogP contribution in [0.5, 0.6) is 0 Å². The molecule has 3 nitrogen and oxygen atoms in total. The van der Waals surface area contributed by atoms with E-state index in [1.165, 1.54) is 17.7 Å². The van der Waals surface area contributed by atoms with Crippen molar-refractivity contribution in [3.63, 3.8) is 0 Å². The third kappa shape index (κ3) is 2.38. The second-order valence-corrected chi connectivity index (χ2v) is 6.13. The van der Waals surface area contributed by atoms with Gasteiger partial charge in [-0.3, -0.25) is 0 Å². The van der Waals surface area contributed by atoms with Crippen LogP contribution in [0.15, 0.2) is 11.1 Å². The molecule has 2 aliphatic rings. The second-order valence-electron chi connectivity index (χ2n) is 4.84. The maximum Gasteiger partial charge on any atom is 0.114 e. The number of pyridine rings is 1. The molecule has 94 valence electrons. The number of ether oxygens (including phenoxy) is 1. The lowest BCUT2D eigenvalue weighted by molar-refractivity contribution is 0.1000. The van der Waals surface area contributed by atoms with Crippen LogP contribution in [-0.4, -0.2) is 23.4 Å². The van der Waals surface area contributed by atoms with E-state index < -0.39 is 0 Å². The monoisotopic (exact) mass is 260 g/mol. The predicted octanol–water partition coefficient (Wildman–Crippen LogP) is 2.71. The summed E-state index contributed by atoms with van der Waals surface area (Å²) in [7, 11) is 0. The van der Waals surface area contributed by atoms with Crippen LogP contribution in [0.4, 0.5) is 0 Å². The molecule has 0 atom stereocenters. The van der Waals surface area contributed by atoms with Crippen LogP contribution in [0, 0.1) is 11.3 Å². The van der Waals surface area contributed by atoms with Crippen LogP contribution < -0.4 is 0 Å². The number of thioether (sulfide) groups is 1. The normalized spacial score (nSPS) is 19.5. The van der Waals surface area contributed by atoms with E-state index in [1.54, 1.807) is 11.8 Å². The highest BCUT2D eigenvalue weighted by atomic mass is 32.2. The molecule has 0 radical (unpaired) electrons. The minimum Gasteiger partial charge on any atom is -0.381 e. The van der Waals surface area contributed by atoms with Crippen LogP contribution in [0.3, 0.4) is 0 Å². The fraction of sp³-hybridized carbons (Fsp3) is 0.571. The lowest BCUT2D eigenvalue weighted by atomic mass is 10.2. The highest BCUT2D eigenvalue weighted by Crippen LogP contribution is 2.33. The lowest BCUT2D eigenvalue weighted by Gasteiger charge is -2.21. The van der Waals surface area contributed by atoms with E-state index in [0.29, 0.717) is 5.25 Å². The summed E-state index contributed by atoms with van der Waals surface area (Å²) in [5.41, 5.74) is 3.25. The summed E-state index contributed by atoms with van der Waals surface area (Å²) in [5, 5.41) is 10.7. The van der Waals surface area contributed by atoms with Crippen molar-refractivity contribution in [2.24, 2.45) is 0 Å². The minimum atomic E-state index is 0.554. The first kappa shape index (κ1) is 12.0. The fourth-order valence-electron chi connectivity index (χ4n) is 2.57. The number of rotatable bonds is 2. The Hall–Kier alpha value is -1.05. The first-order valence-electron chi connectivity index (χ1n) is 6.54. The van der Waals surface area contributed by atoms with Gasteiger partial charge >= 0.3 is 0 Å². The van der Waals surface area contributed by atoms with Gasteiger partial charge in [-0.05, 0) is 43.7 Å². The van der Waals surface area contributed by atoms with E-state index in [2.05, 4.69) is 12.1 Å². The van der Waals surface area contributed by atoms with Crippen LogP contribution >= 0.6 is 11.8 Å². The molecule has 4 heteroatoms. The zero-order valence-electron chi connectivity index (χ0n) is 10.3. The third-order valence-electron chi connectivity index (χ3n) is 3.58. The first-order valence-corrected chi connectivity index (χ1v) is 7.42. The Bertz CT molecular complexity index is 489. The van der Waals surface area contributed by atoms with Gasteiger partial charge in [-0.25, -0.2) is 4.98 Å². The maximum absolute atomic E-state index is 9.25. The molecule has 1 aromatic rings. The van der Waals surface area contributed by atoms with E-state index in [9.17, 15) is 5.26 Å². The van der Waals surface area contributed by atoms with Gasteiger partial charge in [0.05, 0.1) is 5.56 Å². The molecule has 0 unspecified atom stereocenters. The van der Waals surface area contributed by atoms with Crippen LogP contribution in [0.1, 0.15) is 36.1 Å². The Balaban J connectivity index is 1.84. The van der Waals surface area contributed by atoms with E-state index in [0.717, 1.165) is 49.5 Å². The summed E-state index contributed by atoms with van der Waals surface area (Å²) in [6, 6.07) is 4.35. The van der Waals surface area contributed by atoms with Gasteiger partial charge in [-0.1, -0.05) is 0 Å². The summed E-state index contributed by atoms with van der Waals surface area (Å²) >= 11 is 1.77. The van der Waals surface area contributed by atoms with Crippen molar-refractivity contribution in [3.8, 4) is 6.07 Å². The third-order valence-corrected chi connectivity index (χ3v) is 4.92. The molecule has 1 saturated heterocycles. The molecule has 0 N–H and O–H groups in total. The number of fused-ring (bicyclic) bond motifs is 1. The van der Waals surface area contributed by atoms with E-state index >= 15 is 0 Å². The van der Waals surface area contributed by atoms with Crippen molar-refractivity contribution in [2.45, 2.75) is 42.4 Å². The zero-order valence-corrected chi connectivity index (χ0v) is 11.1. The minimum absolute atomic E-state index is 0.554. The fourth-order valence-corrected chi connectivity index (χ4v) is 3.71. The summed E-state index contributed by atoms with van der Waals surface area (Å²) in [6.07, 6.45) is 5.46. The van der Waals surface area contributed by atoms with Gasteiger partial charge in [-0.2, -0.15) is 5.26 Å². The Kier molecular flexibility index (Phi) is 3.53. The number of aryl methyl sites for hydroxylation is 2. The van der Waals surface area contributed by atoms with Crippen molar-refractivity contribution in [1.82, 2.24) is 4.98 Å². The Morgan fingerprint density at radius 3 is 2.94 bits per heavy atom. The van der Waals surface area contributed by atoms with Gasteiger partial charge in [0.15, 0.2) is 0 Å². The summed E-state index contributed by atoms with van der Waals surface area (Å²) in [4.78, 5) is 4.72. The average molecular weight is 260 g/mol. The van der Waals surface area contributed by atoms with Crippen molar-refractivity contribution < 1.29 is 4.74 Å². The van der Waals surface area contributed by atoms with Gasteiger partial charge in [0.1, 0.15) is 11.1 Å². The van der Waals surface area contributed by atoms with Crippen molar-refractivity contribution in [3.05, 3.63) is 22.9 Å². The average Bonchev–Trinajstić information content (AvgIpc) is 2.86. The molecule has 1 fully saturated rings. The molecule has 1 aliphatic heterocycles. The van der Waals surface area contributed by atoms with Crippen molar-refractivity contribution in [1.29, 1.82) is 5.26 Å². The largest absolute Gasteiger partial charge is 0.381 e. The predicted molar refractivity (Wildman–Crippen MR) is 70.7 cm³/mol. The van der Waals surface area contributed by atoms with Gasteiger partial charge in [0, 0.05) is 24.2 Å². The van der Waals surface area contributed by atoms with Gasteiger partial charge in [0.25, 0.3) is 0 Å². The van der Waals surface area contributed by atoms with Crippen LogP contribution in [0.2, 0.25) is 0 Å². The maximum atomic E-state index is 9.25. The number of nitriles is 1. The Morgan fingerprint density at radius 2 is 2.17 bits per heavy atom. The Morgan fingerprint density at radius 1 is 1.33 bits per heavy atom. The SMILES string of the molecule is N#Cc1cc2c(nc1SC1CCOCC1)CCC2. The number of hydrogen-bond donors (Lipinski definition) is 0. The van der Waals surface area contributed by atoms with Gasteiger partial charge in [0.2, 0.25) is 0 Å². The van der Waals surface area contributed by atoms with E-state index in [1.807, 2.05) is 0 Å². The van der Waals surface area contributed by atoms with E-state index in [4.69, 9.17) is 9.72 Å². The van der Waals surface area contributed by atoms with E-state index in [-0.39, 0.29) is 0 Å². The van der Waals surface area contributed by atoms with Crippen LogP contribution in [0.25, 0.3) is 0 Å². The van der Waals surface area contributed by atoms with Gasteiger partial charge < -0.3 is 4.74 Å². The molecular weight excluding hydrogens is 244 g/mol. The topological polar surface area (TPSA) is 45.9 Å². The number of hydrogen-bond acceptors (Lipinski definition) is 4. The molecular formula is C14H16N2OS. The number of nitrogens with zero attached hydrogens (tertiary/aromatic N) is 2. The highest BCUT2D eigenvalue weighted by molar-refractivity contribution is 7.99. The molecule has 0 amide bonds. The first-order chi connectivity index (χ1) is 8.86. The molecule has 2 heterocycles. The molecule has 0 bridgehead atoms. The molecule has 1 aliphatic carbocycles. The van der Waals surface area contributed by atoms with Crippen molar-refractivity contribution >= 4 is 11.8 Å². The quantitative estimate of drug-likeness (QED) is 0.820. The zero-order chi connectivity index (χ0) is 12.4. The molecule has 3 rings (SSSR count). The number of aromatic nitrogens is 1. The molecule has 0 saturated carbocycles. The molecule has 1 aromatic heterocycles. The van der Waals surface area contributed by atoms with Gasteiger partial charge in [-0.15, -0.1) is 11.8 Å². The molecule has 0 aromatic carbocycles. The molecule has 18 heavy (non-hydrogen) atoms. The standard InChI is InChI=1S/C14H16N2OS/c15-9-11-8-10-2-1-3-13(10)16-14(11)18-12-4-6-17-7-5-12/h8,12H,1-7H2. The summed E-state index contributed by atoms with van der Waals surface area (Å²) in [6.45, 7) is 1.68. The lowest BCUT2D eigenvalue weighted by Crippen LogP contribution is -2.17. The Labute approximate surface area is 112 Å². The summed E-state index contributed by atoms with van der Waals surface area (Å²) < 4.78 is 5.37. The van der Waals surface area contributed by atoms with Crippen LogP contribution in [-0.2, 0) is 17.6 Å². The highest BCUT2D eigenvalue weighted by Gasteiger charge is 2.21. The molecule has 0 spiro atoms. The second kappa shape index (κ2) is 5.29. The smallest absolute Gasteiger partial charge is 0.114 e. The summed E-state index contributed by atoms with van der Waals surface area (Å²) in [5.74, 6) is 0. The van der Waals surface area contributed by atoms with Crippen molar-refractivity contribution in [2.75, 3.05) is 13.2 Å².